The van der Waals surface area contributed by atoms with Gasteiger partial charge in [0.05, 0.1) is 12.2 Å². The molecule has 1 aliphatic rings. The van der Waals surface area contributed by atoms with Crippen LogP contribution in [0, 0.1) is 12.8 Å². The van der Waals surface area contributed by atoms with E-state index in [9.17, 15) is 0 Å². The van der Waals surface area contributed by atoms with Crippen LogP contribution < -0.4 is 5.32 Å². The van der Waals surface area contributed by atoms with Crippen molar-refractivity contribution in [2.75, 3.05) is 25.9 Å². The third-order valence-electron chi connectivity index (χ3n) is 3.61. The SMILES string of the molecule is CN=C(NCc1ccnc(C)n1)N1CCSC(C(C)C)C1.I. The molecule has 124 valence electrons. The molecular weight excluding hydrogens is 409 g/mol. The van der Waals surface area contributed by atoms with E-state index in [0.29, 0.717) is 17.7 Å². The molecule has 1 saturated heterocycles. The molecule has 0 radical (unpaired) electrons. The lowest BCUT2D eigenvalue weighted by Gasteiger charge is -2.36. The lowest BCUT2D eigenvalue weighted by atomic mass is 10.1. The molecule has 1 aromatic rings. The molecule has 5 nitrogen and oxygen atoms in total. The van der Waals surface area contributed by atoms with Gasteiger partial charge in [-0.05, 0) is 18.9 Å². The fourth-order valence-corrected chi connectivity index (χ4v) is 3.68. The summed E-state index contributed by atoms with van der Waals surface area (Å²) in [6.07, 6.45) is 1.80. The van der Waals surface area contributed by atoms with Gasteiger partial charge in [0, 0.05) is 37.3 Å². The Kier molecular flexibility index (Phi) is 8.45. The number of guanidine groups is 1. The van der Waals surface area contributed by atoms with E-state index in [-0.39, 0.29) is 24.0 Å². The summed E-state index contributed by atoms with van der Waals surface area (Å²) in [5.74, 6) is 3.63. The standard InChI is InChI=1S/C15H25N5S.HI/c1-11(2)14-10-20(7-8-21-14)15(16-4)18-9-13-5-6-17-12(3)19-13;/h5-6,11,14H,7-10H2,1-4H3,(H,16,18);1H. The monoisotopic (exact) mass is 435 g/mol. The van der Waals surface area contributed by atoms with Crippen molar-refractivity contribution in [2.24, 2.45) is 10.9 Å². The average Bonchev–Trinajstić information content (AvgIpc) is 2.48. The Bertz CT molecular complexity index is 495. The highest BCUT2D eigenvalue weighted by Crippen LogP contribution is 2.24. The largest absolute Gasteiger partial charge is 0.351 e. The molecular formula is C15H26IN5S. The highest BCUT2D eigenvalue weighted by molar-refractivity contribution is 14.0. The number of halogens is 1. The van der Waals surface area contributed by atoms with E-state index in [1.807, 2.05) is 20.0 Å². The van der Waals surface area contributed by atoms with Crippen molar-refractivity contribution in [3.05, 3.63) is 23.8 Å². The van der Waals surface area contributed by atoms with Gasteiger partial charge in [-0.3, -0.25) is 4.99 Å². The molecule has 7 heteroatoms. The van der Waals surface area contributed by atoms with Crippen LogP contribution in [0.1, 0.15) is 25.4 Å². The third-order valence-corrected chi connectivity index (χ3v) is 5.15. The number of nitrogens with zero attached hydrogens (tertiary/aromatic N) is 4. The minimum Gasteiger partial charge on any atom is -0.351 e. The third kappa shape index (κ3) is 5.57. The maximum absolute atomic E-state index is 4.42. The van der Waals surface area contributed by atoms with E-state index in [4.69, 9.17) is 0 Å². The zero-order chi connectivity index (χ0) is 15.2. The first-order valence-electron chi connectivity index (χ1n) is 7.46. The Morgan fingerprint density at radius 2 is 2.32 bits per heavy atom. The number of aromatic nitrogens is 2. The van der Waals surface area contributed by atoms with Crippen molar-refractivity contribution in [1.29, 1.82) is 0 Å². The Labute approximate surface area is 154 Å². The topological polar surface area (TPSA) is 53.4 Å². The van der Waals surface area contributed by atoms with Crippen LogP contribution in [-0.4, -0.2) is 52.0 Å². The molecule has 1 fully saturated rings. The quantitative estimate of drug-likeness (QED) is 0.450. The maximum atomic E-state index is 4.42. The highest BCUT2D eigenvalue weighted by Gasteiger charge is 2.24. The summed E-state index contributed by atoms with van der Waals surface area (Å²) in [6, 6.07) is 1.94. The average molecular weight is 435 g/mol. The summed E-state index contributed by atoms with van der Waals surface area (Å²) in [5.41, 5.74) is 0.996. The van der Waals surface area contributed by atoms with Crippen molar-refractivity contribution in [1.82, 2.24) is 20.2 Å². The number of thioether (sulfide) groups is 1. The number of rotatable bonds is 3. The van der Waals surface area contributed by atoms with Gasteiger partial charge in [0.25, 0.3) is 0 Å². The number of hydrogen-bond acceptors (Lipinski definition) is 4. The lowest BCUT2D eigenvalue weighted by molar-refractivity contribution is 0.380. The molecule has 0 amide bonds. The van der Waals surface area contributed by atoms with Crippen LogP contribution in [-0.2, 0) is 6.54 Å². The van der Waals surface area contributed by atoms with Crippen LogP contribution in [0.15, 0.2) is 17.3 Å². The Morgan fingerprint density at radius 1 is 1.55 bits per heavy atom. The maximum Gasteiger partial charge on any atom is 0.194 e. The first-order valence-corrected chi connectivity index (χ1v) is 8.50. The molecule has 1 unspecified atom stereocenters. The second-order valence-corrected chi connectivity index (χ2v) is 6.94. The fourth-order valence-electron chi connectivity index (χ4n) is 2.38. The summed E-state index contributed by atoms with van der Waals surface area (Å²) >= 11 is 2.07. The molecule has 1 N–H and O–H groups in total. The smallest absolute Gasteiger partial charge is 0.194 e. The molecule has 2 heterocycles. The van der Waals surface area contributed by atoms with Crippen LogP contribution in [0.4, 0.5) is 0 Å². The Morgan fingerprint density at radius 3 is 2.95 bits per heavy atom. The molecule has 0 bridgehead atoms. The van der Waals surface area contributed by atoms with Crippen LogP contribution >= 0.6 is 35.7 Å². The predicted octanol–water partition coefficient (Wildman–Crippen LogP) is 2.55. The van der Waals surface area contributed by atoms with Gasteiger partial charge in [0.1, 0.15) is 5.82 Å². The number of nitrogens with one attached hydrogen (secondary N) is 1. The molecule has 1 atom stereocenters. The van der Waals surface area contributed by atoms with Gasteiger partial charge in [-0.25, -0.2) is 9.97 Å². The van der Waals surface area contributed by atoms with Gasteiger partial charge in [-0.2, -0.15) is 11.8 Å². The highest BCUT2D eigenvalue weighted by atomic mass is 127. The normalized spacial score (nSPS) is 19.0. The first-order chi connectivity index (χ1) is 10.1. The Hall–Kier alpha value is -0.570. The first kappa shape index (κ1) is 19.5. The summed E-state index contributed by atoms with van der Waals surface area (Å²) in [4.78, 5) is 15.3. The number of aliphatic imine (C=N–C) groups is 1. The van der Waals surface area contributed by atoms with Gasteiger partial charge in [-0.15, -0.1) is 24.0 Å². The Balaban J connectivity index is 0.00000242. The van der Waals surface area contributed by atoms with E-state index >= 15 is 0 Å². The van der Waals surface area contributed by atoms with Crippen LogP contribution in [0.25, 0.3) is 0 Å². The van der Waals surface area contributed by atoms with Crippen LogP contribution in [0.5, 0.6) is 0 Å². The van der Waals surface area contributed by atoms with Crippen molar-refractivity contribution >= 4 is 41.7 Å². The van der Waals surface area contributed by atoms with Crippen LogP contribution in [0.2, 0.25) is 0 Å². The van der Waals surface area contributed by atoms with Gasteiger partial charge in [0.2, 0.25) is 0 Å². The minimum atomic E-state index is 0. The van der Waals surface area contributed by atoms with Crippen LogP contribution in [0.3, 0.4) is 0 Å². The summed E-state index contributed by atoms with van der Waals surface area (Å²) < 4.78 is 0. The predicted molar refractivity (Wildman–Crippen MR) is 105 cm³/mol. The summed E-state index contributed by atoms with van der Waals surface area (Å²) in [5, 5.41) is 4.10. The molecule has 2 rings (SSSR count). The van der Waals surface area contributed by atoms with Gasteiger partial charge >= 0.3 is 0 Å². The van der Waals surface area contributed by atoms with E-state index in [0.717, 1.165) is 36.3 Å². The molecule has 0 aromatic carbocycles. The zero-order valence-electron chi connectivity index (χ0n) is 13.7. The molecule has 0 spiro atoms. The molecule has 1 aliphatic heterocycles. The fraction of sp³-hybridized carbons (Fsp3) is 0.667. The van der Waals surface area contributed by atoms with E-state index < -0.39 is 0 Å². The van der Waals surface area contributed by atoms with Gasteiger partial charge in [0.15, 0.2) is 5.96 Å². The zero-order valence-corrected chi connectivity index (χ0v) is 16.9. The molecule has 0 aliphatic carbocycles. The van der Waals surface area contributed by atoms with Gasteiger partial charge in [-0.1, -0.05) is 13.8 Å². The van der Waals surface area contributed by atoms with E-state index in [1.54, 1.807) is 6.20 Å². The van der Waals surface area contributed by atoms with Crippen molar-refractivity contribution < 1.29 is 0 Å². The second-order valence-electron chi connectivity index (χ2n) is 5.60. The summed E-state index contributed by atoms with van der Waals surface area (Å²) in [6.45, 7) is 9.29. The van der Waals surface area contributed by atoms with E-state index in [1.165, 1.54) is 0 Å². The second kappa shape index (κ2) is 9.54. The molecule has 0 saturated carbocycles. The van der Waals surface area contributed by atoms with E-state index in [2.05, 4.69) is 50.8 Å². The molecule has 1 aromatic heterocycles. The molecule has 22 heavy (non-hydrogen) atoms. The minimum absolute atomic E-state index is 0. The lowest BCUT2D eigenvalue weighted by Crippen LogP contribution is -2.48. The van der Waals surface area contributed by atoms with Crippen molar-refractivity contribution in [3.8, 4) is 0 Å². The van der Waals surface area contributed by atoms with Crippen molar-refractivity contribution in [2.45, 2.75) is 32.6 Å². The van der Waals surface area contributed by atoms with Crippen molar-refractivity contribution in [3.63, 3.8) is 0 Å². The number of hydrogen-bond donors (Lipinski definition) is 1. The number of aryl methyl sites for hydroxylation is 1. The summed E-state index contributed by atoms with van der Waals surface area (Å²) in [7, 11) is 1.85. The van der Waals surface area contributed by atoms with Gasteiger partial charge < -0.3 is 10.2 Å².